The van der Waals surface area contributed by atoms with Gasteiger partial charge < -0.3 is 28.8 Å². The zero-order valence-electron chi connectivity index (χ0n) is 44.5. The second kappa shape index (κ2) is 49.6. The first-order chi connectivity index (χ1) is 33.5. The van der Waals surface area contributed by atoms with Gasteiger partial charge in [0.15, 0.2) is 0 Å². The van der Waals surface area contributed by atoms with E-state index in [-0.39, 0.29) is 18.9 Å². The summed E-state index contributed by atoms with van der Waals surface area (Å²) in [6.45, 7) is 4.45. The van der Waals surface area contributed by atoms with Crippen molar-refractivity contribution >= 4 is 13.7 Å². The Hall–Kier alpha value is -3.36. The Labute approximate surface area is 424 Å². The molecule has 0 bridgehead atoms. The third-order valence-electron chi connectivity index (χ3n) is 11.1. The largest absolute Gasteiger partial charge is 0.756 e. The maximum Gasteiger partial charge on any atom is 0.268 e. The second-order valence-corrected chi connectivity index (χ2v) is 20.2. The van der Waals surface area contributed by atoms with E-state index < -0.39 is 26.6 Å². The first-order valence-electron chi connectivity index (χ1n) is 27.0. The van der Waals surface area contributed by atoms with Crippen molar-refractivity contribution in [2.24, 2.45) is 0 Å². The highest BCUT2D eigenvalue weighted by atomic mass is 31.2. The molecule has 0 aromatic carbocycles. The quantitative estimate of drug-likeness (QED) is 0.0272. The van der Waals surface area contributed by atoms with Crippen molar-refractivity contribution in [1.82, 2.24) is 5.32 Å². The van der Waals surface area contributed by atoms with Gasteiger partial charge in [0.05, 0.1) is 39.9 Å². The molecular formula is C60H101N2O6P. The fraction of sp³-hybridized carbons (Fsp3) is 0.617. The molecule has 0 aromatic heterocycles. The predicted molar refractivity (Wildman–Crippen MR) is 297 cm³/mol. The lowest BCUT2D eigenvalue weighted by atomic mass is 10.1. The number of hydrogen-bond donors (Lipinski definition) is 2. The van der Waals surface area contributed by atoms with Gasteiger partial charge >= 0.3 is 0 Å². The molecule has 3 atom stereocenters. The van der Waals surface area contributed by atoms with E-state index in [1.165, 1.54) is 70.6 Å². The Morgan fingerprint density at radius 2 is 0.899 bits per heavy atom. The molecule has 0 heterocycles. The van der Waals surface area contributed by atoms with Crippen molar-refractivity contribution in [1.29, 1.82) is 0 Å². The molecule has 0 saturated carbocycles. The monoisotopic (exact) mass is 977 g/mol. The number of nitrogens with zero attached hydrogens (tertiary/aromatic N) is 1. The molecule has 0 aliphatic carbocycles. The lowest BCUT2D eigenvalue weighted by Crippen LogP contribution is -2.45. The molecule has 9 heteroatoms. The van der Waals surface area contributed by atoms with Gasteiger partial charge in [0.2, 0.25) is 5.91 Å². The molecule has 0 rings (SSSR count). The summed E-state index contributed by atoms with van der Waals surface area (Å²) in [5.74, 6) is -0.260. The third-order valence-corrected chi connectivity index (χ3v) is 12.0. The molecule has 1 amide bonds. The van der Waals surface area contributed by atoms with Crippen molar-refractivity contribution in [3.8, 4) is 0 Å². The first-order valence-corrected chi connectivity index (χ1v) is 28.5. The van der Waals surface area contributed by atoms with E-state index in [9.17, 15) is 19.4 Å². The van der Waals surface area contributed by atoms with Crippen LogP contribution in [0.15, 0.2) is 134 Å². The minimum absolute atomic E-state index is 0.0258. The molecule has 0 aromatic rings. The van der Waals surface area contributed by atoms with E-state index in [0.29, 0.717) is 23.9 Å². The van der Waals surface area contributed by atoms with E-state index >= 15 is 0 Å². The van der Waals surface area contributed by atoms with E-state index in [0.717, 1.165) is 83.5 Å². The summed E-state index contributed by atoms with van der Waals surface area (Å²) in [4.78, 5) is 25.4. The van der Waals surface area contributed by atoms with Crippen molar-refractivity contribution < 1.29 is 32.9 Å². The van der Waals surface area contributed by atoms with Crippen LogP contribution in [0.3, 0.4) is 0 Å². The van der Waals surface area contributed by atoms with Gasteiger partial charge in [-0.25, -0.2) is 0 Å². The molecule has 0 saturated heterocycles. The van der Waals surface area contributed by atoms with Crippen molar-refractivity contribution in [2.45, 2.75) is 199 Å². The maximum atomic E-state index is 12.9. The topological polar surface area (TPSA) is 108 Å². The summed E-state index contributed by atoms with van der Waals surface area (Å²) in [6.07, 6.45) is 75.2. The van der Waals surface area contributed by atoms with Crippen LogP contribution in [0, 0.1) is 0 Å². The van der Waals surface area contributed by atoms with Gasteiger partial charge in [0, 0.05) is 6.42 Å². The normalized spacial score (nSPS) is 15.1. The van der Waals surface area contributed by atoms with Crippen LogP contribution in [0.25, 0.3) is 0 Å². The molecule has 0 fully saturated rings. The SMILES string of the molecule is CC/C=C\C/C=C\C/C=C\C/C=C\C/C=C\C/C=C\C/C=C\C/C=C\CCCCC(=O)NC(COP(=O)([O-])OCC[N+](C)(C)C)C(O)/C=C/CC/C=C/CC/C=C/CCCCCCCCCCCC. The number of aliphatic hydroxyl groups is 1. The van der Waals surface area contributed by atoms with Gasteiger partial charge in [0.1, 0.15) is 13.2 Å². The van der Waals surface area contributed by atoms with Crippen LogP contribution in [0.4, 0.5) is 0 Å². The number of aliphatic hydroxyl groups excluding tert-OH is 1. The zero-order chi connectivity index (χ0) is 50.6. The fourth-order valence-corrected chi connectivity index (χ4v) is 7.57. The maximum absolute atomic E-state index is 12.9. The highest BCUT2D eigenvalue weighted by Gasteiger charge is 2.23. The van der Waals surface area contributed by atoms with Gasteiger partial charge in [-0.05, 0) is 109 Å². The van der Waals surface area contributed by atoms with Crippen LogP contribution in [0.5, 0.6) is 0 Å². The first kappa shape index (κ1) is 65.6. The number of likely N-dealkylation sites (N-methyl/N-ethyl adjacent to an activating group) is 1. The minimum atomic E-state index is -4.63. The number of carbonyl (C=O) groups is 1. The predicted octanol–water partition coefficient (Wildman–Crippen LogP) is 15.7. The summed E-state index contributed by atoms with van der Waals surface area (Å²) in [6, 6.07) is -0.944. The van der Waals surface area contributed by atoms with Gasteiger partial charge in [-0.3, -0.25) is 9.36 Å². The van der Waals surface area contributed by atoms with Gasteiger partial charge in [-0.15, -0.1) is 0 Å². The van der Waals surface area contributed by atoms with Crippen molar-refractivity contribution in [2.75, 3.05) is 40.9 Å². The van der Waals surface area contributed by atoms with E-state index in [1.807, 2.05) is 27.2 Å². The highest BCUT2D eigenvalue weighted by Crippen LogP contribution is 2.38. The van der Waals surface area contributed by atoms with Gasteiger partial charge in [-0.1, -0.05) is 205 Å². The molecule has 8 nitrogen and oxygen atoms in total. The molecule has 2 N–H and O–H groups in total. The summed E-state index contributed by atoms with van der Waals surface area (Å²) >= 11 is 0. The Kier molecular flexibility index (Phi) is 47.2. The molecule has 0 spiro atoms. The lowest BCUT2D eigenvalue weighted by Gasteiger charge is -2.29. The van der Waals surface area contributed by atoms with Crippen molar-refractivity contribution in [3.05, 3.63) is 134 Å². The molecule has 0 aliphatic rings. The highest BCUT2D eigenvalue weighted by molar-refractivity contribution is 7.45. The molecule has 392 valence electrons. The van der Waals surface area contributed by atoms with Gasteiger partial charge in [0.25, 0.3) is 7.82 Å². The van der Waals surface area contributed by atoms with Gasteiger partial charge in [-0.2, -0.15) is 0 Å². The summed E-state index contributed by atoms with van der Waals surface area (Å²) in [7, 11) is 1.18. The number of phosphoric ester groups is 1. The number of unbranched alkanes of at least 4 members (excludes halogenated alkanes) is 14. The fourth-order valence-electron chi connectivity index (χ4n) is 6.85. The number of carbonyl (C=O) groups excluding carboxylic acids is 1. The van der Waals surface area contributed by atoms with E-state index in [1.54, 1.807) is 6.08 Å². The number of hydrogen-bond acceptors (Lipinski definition) is 6. The summed E-state index contributed by atoms with van der Waals surface area (Å²) < 4.78 is 23.3. The standard InChI is InChI=1S/C60H101N2O6P/c1-6-8-10-12-14-16-18-20-22-24-26-28-29-30-31-32-33-34-36-38-40-42-44-46-48-50-52-54-60(64)61-58(57-68-69(65,66)67-56-55-62(3,4)5)59(63)53-51-49-47-45-43-41-39-37-35-27-25-23-21-19-17-15-13-11-9-7-2/h8,10,14,16,20,22,26,28,30-31,33-35,37-38,40,43-46,51,53,58-59,63H,6-7,9,11-13,15,17-19,21,23-25,27,29,32,36,39,41-42,47-50,52,54-57H2,1-5H3,(H-,61,64,65,66)/b10-8-,16-14-,22-20-,28-26-,31-30-,34-33-,37-35+,40-38-,45-43+,46-44-,53-51+. The number of rotatable bonds is 47. The number of phosphoric acid groups is 1. The minimum Gasteiger partial charge on any atom is -0.756 e. The Balaban J connectivity index is 4.48. The van der Waals surface area contributed by atoms with Crippen LogP contribution < -0.4 is 10.2 Å². The van der Waals surface area contributed by atoms with E-state index in [2.05, 4.69) is 141 Å². The molecule has 0 radical (unpaired) electrons. The number of amides is 1. The van der Waals surface area contributed by atoms with Crippen LogP contribution in [-0.4, -0.2) is 68.5 Å². The smallest absolute Gasteiger partial charge is 0.268 e. The molecule has 69 heavy (non-hydrogen) atoms. The molecule has 3 unspecified atom stereocenters. The van der Waals surface area contributed by atoms with Crippen LogP contribution >= 0.6 is 7.82 Å². The number of quaternary nitrogens is 1. The second-order valence-electron chi connectivity index (χ2n) is 18.8. The molecular weight excluding hydrogens is 876 g/mol. The average Bonchev–Trinajstić information content (AvgIpc) is 3.31. The third kappa shape index (κ3) is 52.3. The van der Waals surface area contributed by atoms with Crippen molar-refractivity contribution in [3.63, 3.8) is 0 Å². The zero-order valence-corrected chi connectivity index (χ0v) is 45.3. The summed E-state index contributed by atoms with van der Waals surface area (Å²) in [5.41, 5.74) is 0. The van der Waals surface area contributed by atoms with Crippen LogP contribution in [-0.2, 0) is 18.4 Å². The number of allylic oxidation sites excluding steroid dienone is 21. The Bertz CT molecular complexity index is 1580. The lowest BCUT2D eigenvalue weighted by molar-refractivity contribution is -0.870. The van der Waals surface area contributed by atoms with E-state index in [4.69, 9.17) is 9.05 Å². The summed E-state index contributed by atoms with van der Waals surface area (Å²) in [5, 5.41) is 13.8. The van der Waals surface area contributed by atoms with Crippen LogP contribution in [0.1, 0.15) is 187 Å². The number of nitrogens with one attached hydrogen (secondary N) is 1. The molecule has 0 aliphatic heterocycles. The Morgan fingerprint density at radius 1 is 0.522 bits per heavy atom. The average molecular weight is 977 g/mol. The van der Waals surface area contributed by atoms with Crippen LogP contribution in [0.2, 0.25) is 0 Å². The Morgan fingerprint density at radius 3 is 1.35 bits per heavy atom.